The molecule has 0 saturated heterocycles. The first-order valence-corrected chi connectivity index (χ1v) is 8.24. The van der Waals surface area contributed by atoms with Crippen LogP contribution in [0.15, 0.2) is 60.9 Å². The highest BCUT2D eigenvalue weighted by atomic mass is 16.5. The van der Waals surface area contributed by atoms with Crippen molar-refractivity contribution in [3.8, 4) is 11.5 Å². The highest BCUT2D eigenvalue weighted by Crippen LogP contribution is 2.22. The summed E-state index contributed by atoms with van der Waals surface area (Å²) in [6, 6.07) is 15.1. The molecule has 1 N–H and O–H groups in total. The molecule has 0 spiro atoms. The summed E-state index contributed by atoms with van der Waals surface area (Å²) in [5, 5.41) is 7.11. The Labute approximate surface area is 152 Å². The fourth-order valence-corrected chi connectivity index (χ4v) is 2.57. The predicted octanol–water partition coefficient (Wildman–Crippen LogP) is 2.88. The van der Waals surface area contributed by atoms with E-state index in [0.29, 0.717) is 23.6 Å². The number of nitrogens with zero attached hydrogens (tertiary/aromatic N) is 2. The SMILES string of the molecule is COc1cc(OC)cc(C(=O)NCc2ccc(Cn3cccn3)cc2)c1. The first kappa shape index (κ1) is 17.5. The van der Waals surface area contributed by atoms with Crippen molar-refractivity contribution in [1.82, 2.24) is 15.1 Å². The minimum Gasteiger partial charge on any atom is -0.497 e. The number of hydrogen-bond donors (Lipinski definition) is 1. The van der Waals surface area contributed by atoms with E-state index in [9.17, 15) is 4.79 Å². The molecule has 0 radical (unpaired) electrons. The van der Waals surface area contributed by atoms with E-state index in [1.54, 1.807) is 38.6 Å². The molecular weight excluding hydrogens is 330 g/mol. The minimum atomic E-state index is -0.178. The minimum absolute atomic E-state index is 0.178. The van der Waals surface area contributed by atoms with Crippen molar-refractivity contribution in [3.63, 3.8) is 0 Å². The third-order valence-electron chi connectivity index (χ3n) is 3.99. The average molecular weight is 351 g/mol. The molecule has 0 bridgehead atoms. The van der Waals surface area contributed by atoms with E-state index in [-0.39, 0.29) is 5.91 Å². The van der Waals surface area contributed by atoms with E-state index in [0.717, 1.165) is 17.7 Å². The monoisotopic (exact) mass is 351 g/mol. The second-order valence-corrected chi connectivity index (χ2v) is 5.80. The van der Waals surface area contributed by atoms with Gasteiger partial charge in [0.05, 0.1) is 20.8 Å². The van der Waals surface area contributed by atoms with Crippen molar-refractivity contribution >= 4 is 5.91 Å². The molecule has 0 aliphatic rings. The number of hydrogen-bond acceptors (Lipinski definition) is 4. The second kappa shape index (κ2) is 8.20. The van der Waals surface area contributed by atoms with E-state index >= 15 is 0 Å². The van der Waals surface area contributed by atoms with Gasteiger partial charge in [-0.3, -0.25) is 9.48 Å². The van der Waals surface area contributed by atoms with Crippen LogP contribution in [-0.2, 0) is 13.1 Å². The standard InChI is InChI=1S/C20H21N3O3/c1-25-18-10-17(11-19(12-18)26-2)20(24)21-13-15-4-6-16(7-5-15)14-23-9-3-8-22-23/h3-12H,13-14H2,1-2H3,(H,21,24). The zero-order chi connectivity index (χ0) is 18.4. The first-order chi connectivity index (χ1) is 12.7. The van der Waals surface area contributed by atoms with Crippen LogP contribution in [0.2, 0.25) is 0 Å². The lowest BCUT2D eigenvalue weighted by Crippen LogP contribution is -2.22. The zero-order valence-corrected chi connectivity index (χ0v) is 14.8. The number of carbonyl (C=O) groups excluding carboxylic acids is 1. The summed E-state index contributed by atoms with van der Waals surface area (Å²) in [5.41, 5.74) is 2.68. The van der Waals surface area contributed by atoms with Crippen LogP contribution in [0.5, 0.6) is 11.5 Å². The molecule has 0 aliphatic heterocycles. The molecule has 2 aromatic carbocycles. The first-order valence-electron chi connectivity index (χ1n) is 8.24. The Balaban J connectivity index is 1.60. The second-order valence-electron chi connectivity index (χ2n) is 5.80. The van der Waals surface area contributed by atoms with Crippen molar-refractivity contribution in [3.05, 3.63) is 77.6 Å². The van der Waals surface area contributed by atoms with Gasteiger partial charge in [0, 0.05) is 30.6 Å². The molecule has 3 rings (SSSR count). The van der Waals surface area contributed by atoms with Crippen LogP contribution in [0.25, 0.3) is 0 Å². The Hall–Kier alpha value is -3.28. The van der Waals surface area contributed by atoms with Gasteiger partial charge in [-0.05, 0) is 29.3 Å². The van der Waals surface area contributed by atoms with Crippen LogP contribution in [0.1, 0.15) is 21.5 Å². The Kier molecular flexibility index (Phi) is 5.53. The van der Waals surface area contributed by atoms with E-state index in [1.165, 1.54) is 0 Å². The lowest BCUT2D eigenvalue weighted by Gasteiger charge is -2.10. The van der Waals surface area contributed by atoms with Crippen molar-refractivity contribution in [1.29, 1.82) is 0 Å². The molecule has 1 amide bonds. The Morgan fingerprint density at radius 2 is 1.69 bits per heavy atom. The molecule has 3 aromatic rings. The molecule has 134 valence electrons. The van der Waals surface area contributed by atoms with E-state index < -0.39 is 0 Å². The van der Waals surface area contributed by atoms with Gasteiger partial charge in [-0.2, -0.15) is 5.10 Å². The molecule has 6 heteroatoms. The number of nitrogens with one attached hydrogen (secondary N) is 1. The van der Waals surface area contributed by atoms with Gasteiger partial charge in [0.25, 0.3) is 5.91 Å². The number of rotatable bonds is 7. The number of methoxy groups -OCH3 is 2. The summed E-state index contributed by atoms with van der Waals surface area (Å²) in [7, 11) is 3.11. The molecule has 0 unspecified atom stereocenters. The fourth-order valence-electron chi connectivity index (χ4n) is 2.57. The smallest absolute Gasteiger partial charge is 0.251 e. The zero-order valence-electron chi connectivity index (χ0n) is 14.8. The lowest BCUT2D eigenvalue weighted by molar-refractivity contribution is 0.0950. The summed E-state index contributed by atoms with van der Waals surface area (Å²) in [5.74, 6) is 0.984. The Morgan fingerprint density at radius 3 is 2.27 bits per heavy atom. The average Bonchev–Trinajstić information content (AvgIpc) is 3.19. The largest absolute Gasteiger partial charge is 0.497 e. The van der Waals surface area contributed by atoms with Crippen LogP contribution in [-0.4, -0.2) is 29.9 Å². The van der Waals surface area contributed by atoms with Gasteiger partial charge in [-0.25, -0.2) is 0 Å². The summed E-state index contributed by atoms with van der Waals surface area (Å²) < 4.78 is 12.3. The van der Waals surface area contributed by atoms with Gasteiger partial charge < -0.3 is 14.8 Å². The van der Waals surface area contributed by atoms with Crippen molar-refractivity contribution < 1.29 is 14.3 Å². The van der Waals surface area contributed by atoms with Gasteiger partial charge in [-0.15, -0.1) is 0 Å². The third kappa shape index (κ3) is 4.42. The maximum Gasteiger partial charge on any atom is 0.251 e. The topological polar surface area (TPSA) is 65.4 Å². The maximum absolute atomic E-state index is 12.4. The molecular formula is C20H21N3O3. The quantitative estimate of drug-likeness (QED) is 0.711. The van der Waals surface area contributed by atoms with Crippen molar-refractivity contribution in [2.45, 2.75) is 13.1 Å². The lowest BCUT2D eigenvalue weighted by atomic mass is 10.1. The number of carbonyl (C=O) groups is 1. The Morgan fingerprint density at radius 1 is 1.04 bits per heavy atom. The number of amides is 1. The summed E-state index contributed by atoms with van der Waals surface area (Å²) in [4.78, 5) is 12.4. The molecule has 0 fully saturated rings. The van der Waals surface area contributed by atoms with Gasteiger partial charge in [0.15, 0.2) is 0 Å². The number of benzene rings is 2. The van der Waals surface area contributed by atoms with Gasteiger partial charge >= 0.3 is 0 Å². The maximum atomic E-state index is 12.4. The molecule has 0 aliphatic carbocycles. The van der Waals surface area contributed by atoms with E-state index in [4.69, 9.17) is 9.47 Å². The van der Waals surface area contributed by atoms with Crippen molar-refractivity contribution in [2.75, 3.05) is 14.2 Å². The fraction of sp³-hybridized carbons (Fsp3) is 0.200. The summed E-state index contributed by atoms with van der Waals surface area (Å²) in [6.07, 6.45) is 3.69. The van der Waals surface area contributed by atoms with Crippen LogP contribution in [0.4, 0.5) is 0 Å². The van der Waals surface area contributed by atoms with Gasteiger partial charge in [0.2, 0.25) is 0 Å². The van der Waals surface area contributed by atoms with Crippen LogP contribution in [0.3, 0.4) is 0 Å². The Bertz CT molecular complexity index is 836. The van der Waals surface area contributed by atoms with Gasteiger partial charge in [0.1, 0.15) is 11.5 Å². The predicted molar refractivity (Wildman–Crippen MR) is 98.5 cm³/mol. The number of ether oxygens (including phenoxy) is 2. The third-order valence-corrected chi connectivity index (χ3v) is 3.99. The van der Waals surface area contributed by atoms with E-state index in [2.05, 4.69) is 10.4 Å². The van der Waals surface area contributed by atoms with E-state index in [1.807, 2.05) is 41.2 Å². The molecule has 1 heterocycles. The van der Waals surface area contributed by atoms with Gasteiger partial charge in [-0.1, -0.05) is 24.3 Å². The molecule has 0 atom stereocenters. The van der Waals surface area contributed by atoms with Crippen LogP contribution < -0.4 is 14.8 Å². The molecule has 26 heavy (non-hydrogen) atoms. The summed E-state index contributed by atoms with van der Waals surface area (Å²) >= 11 is 0. The number of aromatic nitrogens is 2. The van der Waals surface area contributed by atoms with Crippen LogP contribution in [0, 0.1) is 0 Å². The highest BCUT2D eigenvalue weighted by Gasteiger charge is 2.09. The van der Waals surface area contributed by atoms with Crippen molar-refractivity contribution in [2.24, 2.45) is 0 Å². The summed E-state index contributed by atoms with van der Waals surface area (Å²) in [6.45, 7) is 1.17. The normalized spacial score (nSPS) is 10.4. The molecule has 1 aromatic heterocycles. The highest BCUT2D eigenvalue weighted by molar-refractivity contribution is 5.95. The molecule has 6 nitrogen and oxygen atoms in total. The molecule has 0 saturated carbocycles. The van der Waals surface area contributed by atoms with Crippen LogP contribution >= 0.6 is 0 Å².